The van der Waals surface area contributed by atoms with Crippen molar-refractivity contribution < 1.29 is 40.3 Å². The van der Waals surface area contributed by atoms with E-state index in [4.69, 9.17) is 0 Å². The summed E-state index contributed by atoms with van der Waals surface area (Å²) in [7, 11) is 0. The lowest BCUT2D eigenvalue weighted by molar-refractivity contribution is -0.348. The van der Waals surface area contributed by atoms with E-state index in [1.54, 1.807) is 13.0 Å². The van der Waals surface area contributed by atoms with E-state index in [1.807, 2.05) is 0 Å². The van der Waals surface area contributed by atoms with Gasteiger partial charge < -0.3 is 4.74 Å². The molecule has 9 heteroatoms. The SMILES string of the molecule is CC/C=C\CCOC(=O)C(F)(F)C(F)(F)C(F)(F)F. The number of rotatable bonds is 6. The minimum atomic E-state index is -6.54. The minimum absolute atomic E-state index is 0.0623. The van der Waals surface area contributed by atoms with Gasteiger partial charge in [0.2, 0.25) is 0 Å². The van der Waals surface area contributed by atoms with Gasteiger partial charge in [-0.1, -0.05) is 19.1 Å². The zero-order chi connectivity index (χ0) is 15.3. The molecular weight excluding hydrogens is 285 g/mol. The fourth-order valence-electron chi connectivity index (χ4n) is 0.901. The Kier molecular flexibility index (Phi) is 5.83. The fourth-order valence-corrected chi connectivity index (χ4v) is 0.901. The summed E-state index contributed by atoms with van der Waals surface area (Å²) < 4.78 is 89.1. The van der Waals surface area contributed by atoms with Crippen LogP contribution in [0.2, 0.25) is 0 Å². The highest BCUT2D eigenvalue weighted by Gasteiger charge is 2.77. The van der Waals surface area contributed by atoms with Crippen LogP contribution in [0.5, 0.6) is 0 Å². The molecule has 0 saturated carbocycles. The first kappa shape index (κ1) is 17.7. The predicted octanol–water partition coefficient (Wildman–Crippen LogP) is 3.72. The molecule has 0 amide bonds. The third-order valence-electron chi connectivity index (χ3n) is 1.93. The normalized spacial score (nSPS) is 13.9. The minimum Gasteiger partial charge on any atom is -0.461 e. The van der Waals surface area contributed by atoms with Gasteiger partial charge in [-0.15, -0.1) is 0 Å². The Morgan fingerprint density at radius 1 is 1.05 bits per heavy atom. The molecule has 0 aromatic carbocycles. The van der Waals surface area contributed by atoms with Crippen LogP contribution in [0.15, 0.2) is 12.2 Å². The van der Waals surface area contributed by atoms with Crippen molar-refractivity contribution in [3.8, 4) is 0 Å². The van der Waals surface area contributed by atoms with Gasteiger partial charge >= 0.3 is 24.0 Å². The Hall–Kier alpha value is -1.28. The molecule has 0 atom stereocenters. The number of allylic oxidation sites excluding steroid dienone is 1. The van der Waals surface area contributed by atoms with Gasteiger partial charge in [-0.25, -0.2) is 4.79 Å². The highest BCUT2D eigenvalue weighted by Crippen LogP contribution is 2.46. The average Bonchev–Trinajstić information content (AvgIpc) is 2.26. The van der Waals surface area contributed by atoms with Crippen LogP contribution in [0.4, 0.5) is 30.7 Å². The van der Waals surface area contributed by atoms with E-state index in [2.05, 4.69) is 4.74 Å². The molecule has 0 aromatic heterocycles. The summed E-state index contributed by atoms with van der Waals surface area (Å²) in [6, 6.07) is 0. The summed E-state index contributed by atoms with van der Waals surface area (Å²) in [4.78, 5) is 10.6. The first-order valence-electron chi connectivity index (χ1n) is 5.13. The second-order valence-electron chi connectivity index (χ2n) is 3.45. The largest absolute Gasteiger partial charge is 0.461 e. The van der Waals surface area contributed by atoms with Crippen molar-refractivity contribution in [1.82, 2.24) is 0 Å². The van der Waals surface area contributed by atoms with Crippen molar-refractivity contribution in [2.45, 2.75) is 37.8 Å². The van der Waals surface area contributed by atoms with Crippen LogP contribution in [0, 0.1) is 0 Å². The second kappa shape index (κ2) is 6.25. The number of carbonyl (C=O) groups excluding carboxylic acids is 1. The first-order valence-corrected chi connectivity index (χ1v) is 5.13. The quantitative estimate of drug-likeness (QED) is 0.323. The maximum absolute atomic E-state index is 12.7. The van der Waals surface area contributed by atoms with E-state index in [0.29, 0.717) is 6.42 Å². The van der Waals surface area contributed by atoms with E-state index in [-0.39, 0.29) is 6.42 Å². The average molecular weight is 296 g/mol. The smallest absolute Gasteiger partial charge is 0.460 e. The van der Waals surface area contributed by atoms with Crippen molar-refractivity contribution >= 4 is 5.97 Å². The number of halogens is 7. The number of alkyl halides is 7. The van der Waals surface area contributed by atoms with E-state index in [1.165, 1.54) is 6.08 Å². The Bertz CT molecular complexity index is 333. The van der Waals surface area contributed by atoms with Gasteiger partial charge in [0.15, 0.2) is 0 Å². The lowest BCUT2D eigenvalue weighted by atomic mass is 10.1. The third kappa shape index (κ3) is 4.10. The molecular formula is C10H11F7O2. The Morgan fingerprint density at radius 3 is 2.00 bits per heavy atom. The Morgan fingerprint density at radius 2 is 1.58 bits per heavy atom. The number of carbonyl (C=O) groups is 1. The molecule has 0 rings (SSSR count). The summed E-state index contributed by atoms with van der Waals surface area (Å²) in [6.45, 7) is 1.04. The monoisotopic (exact) mass is 296 g/mol. The maximum atomic E-state index is 12.7. The second-order valence-corrected chi connectivity index (χ2v) is 3.45. The first-order chi connectivity index (χ1) is 8.48. The number of esters is 1. The fraction of sp³-hybridized carbons (Fsp3) is 0.700. The van der Waals surface area contributed by atoms with Crippen LogP contribution in [-0.4, -0.2) is 30.6 Å². The standard InChI is InChI=1S/C10H11F7O2/c1-2-3-4-5-6-19-7(18)8(11,12)9(13,14)10(15,16)17/h3-4H,2,5-6H2,1H3/b4-3-. The molecule has 0 saturated heterocycles. The molecule has 0 aliphatic carbocycles. The molecule has 0 N–H and O–H groups in total. The molecule has 0 heterocycles. The predicted molar refractivity (Wildman–Crippen MR) is 51.0 cm³/mol. The van der Waals surface area contributed by atoms with Gasteiger partial charge in [0, 0.05) is 0 Å². The van der Waals surface area contributed by atoms with Gasteiger partial charge in [0.1, 0.15) is 0 Å². The molecule has 0 aliphatic heterocycles. The van der Waals surface area contributed by atoms with Crippen molar-refractivity contribution in [3.63, 3.8) is 0 Å². The molecule has 0 unspecified atom stereocenters. The molecule has 0 radical (unpaired) electrons. The van der Waals surface area contributed by atoms with Gasteiger partial charge in [-0.3, -0.25) is 0 Å². The summed E-state index contributed by atoms with van der Waals surface area (Å²) in [6.07, 6.45) is -3.01. The molecule has 0 bridgehead atoms. The van der Waals surface area contributed by atoms with E-state index >= 15 is 0 Å². The van der Waals surface area contributed by atoms with Crippen LogP contribution in [0.1, 0.15) is 19.8 Å². The van der Waals surface area contributed by atoms with Gasteiger partial charge in [-0.05, 0) is 12.8 Å². The summed E-state index contributed by atoms with van der Waals surface area (Å²) in [5.74, 6) is -15.3. The maximum Gasteiger partial charge on any atom is 0.460 e. The highest BCUT2D eigenvalue weighted by atomic mass is 19.4. The summed E-state index contributed by atoms with van der Waals surface area (Å²) in [5.41, 5.74) is 0. The van der Waals surface area contributed by atoms with E-state index in [9.17, 15) is 35.5 Å². The summed E-state index contributed by atoms with van der Waals surface area (Å²) >= 11 is 0. The van der Waals surface area contributed by atoms with Crippen LogP contribution in [-0.2, 0) is 9.53 Å². The van der Waals surface area contributed by atoms with Crippen LogP contribution in [0.3, 0.4) is 0 Å². The lowest BCUT2D eigenvalue weighted by Gasteiger charge is -2.26. The molecule has 0 aromatic rings. The van der Waals surface area contributed by atoms with Crippen molar-refractivity contribution in [2.24, 2.45) is 0 Å². The van der Waals surface area contributed by atoms with Crippen LogP contribution in [0.25, 0.3) is 0 Å². The van der Waals surface area contributed by atoms with Crippen molar-refractivity contribution in [2.75, 3.05) is 6.61 Å². The Labute approximate surface area is 104 Å². The van der Waals surface area contributed by atoms with E-state index in [0.717, 1.165) is 0 Å². The molecule has 112 valence electrons. The van der Waals surface area contributed by atoms with E-state index < -0.39 is 30.6 Å². The van der Waals surface area contributed by atoms with Crippen molar-refractivity contribution in [1.29, 1.82) is 0 Å². The topological polar surface area (TPSA) is 26.3 Å². The zero-order valence-electron chi connectivity index (χ0n) is 9.74. The van der Waals surface area contributed by atoms with Crippen LogP contribution < -0.4 is 0 Å². The van der Waals surface area contributed by atoms with Gasteiger partial charge in [0.05, 0.1) is 6.61 Å². The number of hydrogen-bond donors (Lipinski definition) is 0. The zero-order valence-corrected chi connectivity index (χ0v) is 9.74. The third-order valence-corrected chi connectivity index (χ3v) is 1.93. The number of hydrogen-bond acceptors (Lipinski definition) is 2. The molecule has 2 nitrogen and oxygen atoms in total. The number of ether oxygens (including phenoxy) is 1. The van der Waals surface area contributed by atoms with Gasteiger partial charge in [-0.2, -0.15) is 30.7 Å². The molecule has 0 fully saturated rings. The highest BCUT2D eigenvalue weighted by molar-refractivity contribution is 5.79. The molecule has 19 heavy (non-hydrogen) atoms. The van der Waals surface area contributed by atoms with Crippen LogP contribution >= 0.6 is 0 Å². The Balaban J connectivity index is 4.65. The van der Waals surface area contributed by atoms with Crippen molar-refractivity contribution in [3.05, 3.63) is 12.2 Å². The molecule has 0 aliphatic rings. The molecule has 0 spiro atoms. The lowest BCUT2D eigenvalue weighted by Crippen LogP contribution is -2.56. The summed E-state index contributed by atoms with van der Waals surface area (Å²) in [5, 5.41) is 0. The van der Waals surface area contributed by atoms with Gasteiger partial charge in [0.25, 0.3) is 0 Å².